The fourth-order valence-electron chi connectivity index (χ4n) is 1.82. The van der Waals surface area contributed by atoms with Crippen molar-refractivity contribution in [3.63, 3.8) is 0 Å². The Morgan fingerprint density at radius 3 is 2.74 bits per heavy atom. The molecule has 0 fully saturated rings. The van der Waals surface area contributed by atoms with Crippen LogP contribution in [0, 0.1) is 0 Å². The fourth-order valence-corrected chi connectivity index (χ4v) is 2.56. The van der Waals surface area contributed by atoms with Crippen molar-refractivity contribution in [1.82, 2.24) is 9.88 Å². The third kappa shape index (κ3) is 4.46. The van der Waals surface area contributed by atoms with Crippen LogP contribution in [0.1, 0.15) is 18.2 Å². The predicted octanol–water partition coefficient (Wildman–Crippen LogP) is 2.73. The highest BCUT2D eigenvalue weighted by Gasteiger charge is 2.06. The van der Waals surface area contributed by atoms with Crippen LogP contribution < -0.4 is 5.32 Å². The molecule has 1 N–H and O–H groups in total. The number of amides is 1. The summed E-state index contributed by atoms with van der Waals surface area (Å²) in [6.07, 6.45) is 0. The zero-order chi connectivity index (χ0) is 13.7. The smallest absolute Gasteiger partial charge is 0.223 e. The van der Waals surface area contributed by atoms with E-state index in [2.05, 4.69) is 34.4 Å². The van der Waals surface area contributed by atoms with Crippen LogP contribution in [0.2, 0.25) is 0 Å². The van der Waals surface area contributed by atoms with E-state index in [1.807, 2.05) is 23.6 Å². The third-order valence-electron chi connectivity index (χ3n) is 2.56. The molecule has 0 saturated carbocycles. The first kappa shape index (κ1) is 13.7. The molecule has 0 saturated heterocycles. The number of nitrogens with one attached hydrogen (secondary N) is 1. The number of hydrogen-bond donors (Lipinski definition) is 1. The number of rotatable bonds is 5. The summed E-state index contributed by atoms with van der Waals surface area (Å²) in [7, 11) is 2.06. The lowest BCUT2D eigenvalue weighted by Crippen LogP contribution is -2.17. The normalized spacial score (nSPS) is 10.7. The highest BCUT2D eigenvalue weighted by atomic mass is 32.1. The summed E-state index contributed by atoms with van der Waals surface area (Å²) in [4.78, 5) is 17.5. The monoisotopic (exact) mass is 275 g/mol. The largest absolute Gasteiger partial charge is 0.302 e. The van der Waals surface area contributed by atoms with E-state index < -0.39 is 0 Å². The minimum atomic E-state index is -0.0847. The van der Waals surface area contributed by atoms with Crippen LogP contribution in [0.3, 0.4) is 0 Å². The van der Waals surface area contributed by atoms with Gasteiger partial charge in [0.15, 0.2) is 5.13 Å². The Kier molecular flexibility index (Phi) is 4.65. The maximum absolute atomic E-state index is 10.9. The van der Waals surface area contributed by atoms with Crippen molar-refractivity contribution >= 4 is 22.4 Å². The Hall–Kier alpha value is -1.72. The molecule has 0 bridgehead atoms. The van der Waals surface area contributed by atoms with Gasteiger partial charge in [-0.15, -0.1) is 11.3 Å². The van der Waals surface area contributed by atoms with Gasteiger partial charge >= 0.3 is 0 Å². The number of carbonyl (C=O) groups excluding carboxylic acids is 1. The number of carbonyl (C=O) groups is 1. The van der Waals surface area contributed by atoms with Crippen molar-refractivity contribution in [1.29, 1.82) is 0 Å². The third-order valence-corrected chi connectivity index (χ3v) is 3.37. The predicted molar refractivity (Wildman–Crippen MR) is 78.0 cm³/mol. The summed E-state index contributed by atoms with van der Waals surface area (Å²) in [6.45, 7) is 3.14. The second kappa shape index (κ2) is 6.45. The summed E-state index contributed by atoms with van der Waals surface area (Å²) < 4.78 is 0. The van der Waals surface area contributed by atoms with E-state index >= 15 is 0 Å². The first-order valence-electron chi connectivity index (χ1n) is 6.08. The number of thiazole rings is 1. The lowest BCUT2D eigenvalue weighted by atomic mass is 10.2. The summed E-state index contributed by atoms with van der Waals surface area (Å²) in [6, 6.07) is 10.3. The Morgan fingerprint density at radius 1 is 1.32 bits per heavy atom. The summed E-state index contributed by atoms with van der Waals surface area (Å²) >= 11 is 1.46. The van der Waals surface area contributed by atoms with E-state index in [-0.39, 0.29) is 5.91 Å². The summed E-state index contributed by atoms with van der Waals surface area (Å²) in [5.74, 6) is -0.0847. The standard InChI is InChI=1S/C14H17N3OS/c1-11(18)15-14-16-13(10-19-14)9-17(2)8-12-6-4-3-5-7-12/h3-7,10H,8-9H2,1-2H3,(H,15,16,18). The van der Waals surface area contributed by atoms with E-state index in [0.29, 0.717) is 5.13 Å². The van der Waals surface area contributed by atoms with Gasteiger partial charge in [-0.05, 0) is 12.6 Å². The van der Waals surface area contributed by atoms with E-state index in [0.717, 1.165) is 18.8 Å². The molecule has 1 amide bonds. The van der Waals surface area contributed by atoms with Crippen LogP contribution >= 0.6 is 11.3 Å². The van der Waals surface area contributed by atoms with Crippen molar-refractivity contribution in [3.8, 4) is 0 Å². The van der Waals surface area contributed by atoms with Gasteiger partial charge in [0.2, 0.25) is 5.91 Å². The molecule has 1 heterocycles. The lowest BCUT2D eigenvalue weighted by Gasteiger charge is -2.15. The van der Waals surface area contributed by atoms with Crippen LogP contribution in [0.15, 0.2) is 35.7 Å². The van der Waals surface area contributed by atoms with Gasteiger partial charge < -0.3 is 5.32 Å². The van der Waals surface area contributed by atoms with Gasteiger partial charge in [0.25, 0.3) is 0 Å². The average molecular weight is 275 g/mol. The SMILES string of the molecule is CC(=O)Nc1nc(CN(C)Cc2ccccc2)cs1. The van der Waals surface area contributed by atoms with Gasteiger partial charge in [-0.3, -0.25) is 9.69 Å². The van der Waals surface area contributed by atoms with E-state index in [9.17, 15) is 4.79 Å². The Bertz CT molecular complexity index is 539. The molecule has 100 valence electrons. The molecule has 4 nitrogen and oxygen atoms in total. The molecule has 19 heavy (non-hydrogen) atoms. The molecule has 2 rings (SSSR count). The van der Waals surface area contributed by atoms with Gasteiger partial charge in [0, 0.05) is 25.4 Å². The minimum absolute atomic E-state index is 0.0847. The second-order valence-corrected chi connectivity index (χ2v) is 5.34. The van der Waals surface area contributed by atoms with Gasteiger partial charge in [0.05, 0.1) is 5.69 Å². The van der Waals surface area contributed by atoms with Crippen LogP contribution in [0.4, 0.5) is 5.13 Å². The van der Waals surface area contributed by atoms with Crippen molar-refractivity contribution in [2.75, 3.05) is 12.4 Å². The van der Waals surface area contributed by atoms with Crippen LogP contribution in [-0.4, -0.2) is 22.8 Å². The molecule has 1 aromatic heterocycles. The highest BCUT2D eigenvalue weighted by Crippen LogP contribution is 2.17. The molecule has 5 heteroatoms. The zero-order valence-electron chi connectivity index (χ0n) is 11.1. The van der Waals surface area contributed by atoms with Crippen LogP contribution in [0.25, 0.3) is 0 Å². The average Bonchev–Trinajstić information content (AvgIpc) is 2.76. The number of hydrogen-bond acceptors (Lipinski definition) is 4. The number of benzene rings is 1. The van der Waals surface area contributed by atoms with E-state index in [4.69, 9.17) is 0 Å². The second-order valence-electron chi connectivity index (χ2n) is 4.48. The quantitative estimate of drug-likeness (QED) is 0.912. The van der Waals surface area contributed by atoms with Crippen molar-refractivity contribution in [2.45, 2.75) is 20.0 Å². The molecule has 2 aromatic rings. The molecule has 0 unspecified atom stereocenters. The molecular weight excluding hydrogens is 258 g/mol. The maximum Gasteiger partial charge on any atom is 0.223 e. The van der Waals surface area contributed by atoms with Gasteiger partial charge in [-0.1, -0.05) is 30.3 Å². The van der Waals surface area contributed by atoms with E-state index in [1.54, 1.807) is 0 Å². The van der Waals surface area contributed by atoms with Crippen LogP contribution in [-0.2, 0) is 17.9 Å². The molecule has 1 aromatic carbocycles. The first-order valence-corrected chi connectivity index (χ1v) is 6.96. The molecule has 0 atom stereocenters. The molecule has 0 aliphatic rings. The van der Waals surface area contributed by atoms with Crippen molar-refractivity contribution < 1.29 is 4.79 Å². The topological polar surface area (TPSA) is 45.2 Å². The van der Waals surface area contributed by atoms with Crippen molar-refractivity contribution in [3.05, 3.63) is 47.0 Å². The van der Waals surface area contributed by atoms with Gasteiger partial charge in [-0.2, -0.15) is 0 Å². The number of anilines is 1. The van der Waals surface area contributed by atoms with Crippen molar-refractivity contribution in [2.24, 2.45) is 0 Å². The summed E-state index contributed by atoms with van der Waals surface area (Å²) in [5, 5.41) is 5.34. The zero-order valence-corrected chi connectivity index (χ0v) is 11.9. The molecule has 0 spiro atoms. The Morgan fingerprint density at radius 2 is 2.05 bits per heavy atom. The molecule has 0 aliphatic heterocycles. The fraction of sp³-hybridized carbons (Fsp3) is 0.286. The van der Waals surface area contributed by atoms with E-state index in [1.165, 1.54) is 23.8 Å². The maximum atomic E-state index is 10.9. The Labute approximate surface area is 117 Å². The van der Waals surface area contributed by atoms with Crippen LogP contribution in [0.5, 0.6) is 0 Å². The van der Waals surface area contributed by atoms with Gasteiger partial charge in [0.1, 0.15) is 0 Å². The first-order chi connectivity index (χ1) is 9.13. The lowest BCUT2D eigenvalue weighted by molar-refractivity contribution is -0.114. The molecule has 0 radical (unpaired) electrons. The minimum Gasteiger partial charge on any atom is -0.302 e. The Balaban J connectivity index is 1.90. The number of nitrogens with zero attached hydrogens (tertiary/aromatic N) is 2. The number of aromatic nitrogens is 1. The highest BCUT2D eigenvalue weighted by molar-refractivity contribution is 7.13. The molecule has 0 aliphatic carbocycles. The van der Waals surface area contributed by atoms with Gasteiger partial charge in [-0.25, -0.2) is 4.98 Å². The summed E-state index contributed by atoms with van der Waals surface area (Å²) in [5.41, 5.74) is 2.26. The molecular formula is C14H17N3OS.